The van der Waals surface area contributed by atoms with Gasteiger partial charge in [0.05, 0.1) is 6.54 Å². The number of hydrogen-bond donors (Lipinski definition) is 2. The zero-order chi connectivity index (χ0) is 14.4. The standard InChI is InChI=1S/C16H25N3O.ClH/c1-3-13-7-4-5-9-15(13)18-16(20)12-19-10-6-8-14(11-19)17-2;/h4-5,7,9,14,17H,3,6,8,10-12H2,1-2H3,(H,18,20);1H. The molecule has 1 saturated heterocycles. The number of benzene rings is 1. The number of aryl methyl sites for hydroxylation is 1. The molecule has 1 atom stereocenters. The summed E-state index contributed by atoms with van der Waals surface area (Å²) >= 11 is 0. The quantitative estimate of drug-likeness (QED) is 0.877. The van der Waals surface area contributed by atoms with Crippen molar-refractivity contribution in [3.63, 3.8) is 0 Å². The summed E-state index contributed by atoms with van der Waals surface area (Å²) in [5, 5.41) is 6.34. The highest BCUT2D eigenvalue weighted by molar-refractivity contribution is 5.93. The lowest BCUT2D eigenvalue weighted by Gasteiger charge is -2.31. The molecule has 1 aliphatic rings. The van der Waals surface area contributed by atoms with Crippen molar-refractivity contribution in [2.24, 2.45) is 0 Å². The van der Waals surface area contributed by atoms with Crippen molar-refractivity contribution in [1.29, 1.82) is 0 Å². The Balaban J connectivity index is 0.00000220. The molecule has 2 N–H and O–H groups in total. The van der Waals surface area contributed by atoms with Gasteiger partial charge in [-0.05, 0) is 44.5 Å². The van der Waals surface area contributed by atoms with E-state index in [1.165, 1.54) is 12.0 Å². The summed E-state index contributed by atoms with van der Waals surface area (Å²) in [5.41, 5.74) is 2.13. The Morgan fingerprint density at radius 3 is 2.86 bits per heavy atom. The average molecular weight is 312 g/mol. The molecule has 0 radical (unpaired) electrons. The molecule has 21 heavy (non-hydrogen) atoms. The minimum atomic E-state index is 0. The smallest absolute Gasteiger partial charge is 0.238 e. The highest BCUT2D eigenvalue weighted by Gasteiger charge is 2.20. The van der Waals surface area contributed by atoms with Crippen molar-refractivity contribution in [2.75, 3.05) is 32.0 Å². The molecule has 0 spiro atoms. The van der Waals surface area contributed by atoms with Crippen LogP contribution in [0.2, 0.25) is 0 Å². The first-order chi connectivity index (χ1) is 9.72. The van der Waals surface area contributed by atoms with E-state index in [1.54, 1.807) is 0 Å². The van der Waals surface area contributed by atoms with Crippen LogP contribution in [0, 0.1) is 0 Å². The van der Waals surface area contributed by atoms with Crippen LogP contribution in [0.3, 0.4) is 0 Å². The molecule has 0 aliphatic carbocycles. The predicted molar refractivity (Wildman–Crippen MR) is 90.2 cm³/mol. The van der Waals surface area contributed by atoms with Gasteiger partial charge in [0.1, 0.15) is 0 Å². The van der Waals surface area contributed by atoms with Gasteiger partial charge in [0.15, 0.2) is 0 Å². The molecule has 0 saturated carbocycles. The minimum Gasteiger partial charge on any atom is -0.325 e. The fraction of sp³-hybridized carbons (Fsp3) is 0.562. The number of piperidine rings is 1. The number of anilines is 1. The van der Waals surface area contributed by atoms with Gasteiger partial charge in [-0.15, -0.1) is 12.4 Å². The second kappa shape index (κ2) is 9.03. The Morgan fingerprint density at radius 2 is 2.14 bits per heavy atom. The predicted octanol–water partition coefficient (Wildman–Crippen LogP) is 2.29. The minimum absolute atomic E-state index is 0. The number of nitrogens with one attached hydrogen (secondary N) is 2. The van der Waals surface area contributed by atoms with Gasteiger partial charge in [0.25, 0.3) is 0 Å². The maximum absolute atomic E-state index is 12.2. The lowest BCUT2D eigenvalue weighted by molar-refractivity contribution is -0.117. The highest BCUT2D eigenvalue weighted by Crippen LogP contribution is 2.16. The van der Waals surface area contributed by atoms with E-state index < -0.39 is 0 Å². The van der Waals surface area contributed by atoms with Crippen LogP contribution in [0.1, 0.15) is 25.3 Å². The second-order valence-corrected chi connectivity index (χ2v) is 5.42. The molecule has 4 nitrogen and oxygen atoms in total. The maximum Gasteiger partial charge on any atom is 0.238 e. The van der Waals surface area contributed by atoms with Gasteiger partial charge in [-0.25, -0.2) is 0 Å². The van der Waals surface area contributed by atoms with E-state index in [2.05, 4.69) is 28.5 Å². The lowest BCUT2D eigenvalue weighted by atomic mass is 10.1. The van der Waals surface area contributed by atoms with Crippen molar-refractivity contribution in [3.8, 4) is 0 Å². The maximum atomic E-state index is 12.2. The monoisotopic (exact) mass is 311 g/mol. The fourth-order valence-electron chi connectivity index (χ4n) is 2.78. The molecule has 1 amide bonds. The average Bonchev–Trinajstić information content (AvgIpc) is 2.48. The largest absolute Gasteiger partial charge is 0.325 e. The van der Waals surface area contributed by atoms with Gasteiger partial charge in [-0.1, -0.05) is 25.1 Å². The molecule has 0 aromatic heterocycles. The van der Waals surface area contributed by atoms with Crippen LogP contribution in [0.4, 0.5) is 5.69 Å². The number of likely N-dealkylation sites (N-methyl/N-ethyl adjacent to an activating group) is 1. The van der Waals surface area contributed by atoms with Gasteiger partial charge in [0, 0.05) is 18.3 Å². The number of rotatable bonds is 5. The first-order valence-electron chi connectivity index (χ1n) is 7.50. The number of likely N-dealkylation sites (tertiary alicyclic amines) is 1. The molecule has 0 bridgehead atoms. The summed E-state index contributed by atoms with van der Waals surface area (Å²) in [4.78, 5) is 14.4. The van der Waals surface area contributed by atoms with Gasteiger partial charge in [0.2, 0.25) is 5.91 Å². The molecule has 118 valence electrons. The van der Waals surface area contributed by atoms with Crippen LogP contribution in [-0.2, 0) is 11.2 Å². The summed E-state index contributed by atoms with van der Waals surface area (Å²) in [7, 11) is 1.99. The van der Waals surface area contributed by atoms with Crippen LogP contribution >= 0.6 is 12.4 Å². The Hall–Kier alpha value is -1.10. The number of carbonyl (C=O) groups excluding carboxylic acids is 1. The van der Waals surface area contributed by atoms with E-state index in [4.69, 9.17) is 0 Å². The Bertz CT molecular complexity index is 453. The number of para-hydroxylation sites is 1. The van der Waals surface area contributed by atoms with Gasteiger partial charge in [-0.2, -0.15) is 0 Å². The first kappa shape index (κ1) is 18.0. The molecule has 1 fully saturated rings. The molecule has 2 rings (SSSR count). The molecular formula is C16H26ClN3O. The van der Waals surface area contributed by atoms with Crippen LogP contribution < -0.4 is 10.6 Å². The molecule has 1 aromatic carbocycles. The normalized spacial score (nSPS) is 18.9. The van der Waals surface area contributed by atoms with Crippen molar-refractivity contribution < 1.29 is 4.79 Å². The second-order valence-electron chi connectivity index (χ2n) is 5.42. The number of amides is 1. The number of halogens is 1. The van der Waals surface area contributed by atoms with E-state index in [9.17, 15) is 4.79 Å². The molecule has 1 aromatic rings. The zero-order valence-corrected chi connectivity index (χ0v) is 13.7. The first-order valence-corrected chi connectivity index (χ1v) is 7.50. The van der Waals surface area contributed by atoms with E-state index in [0.29, 0.717) is 12.6 Å². The van der Waals surface area contributed by atoms with E-state index in [1.807, 2.05) is 25.2 Å². The van der Waals surface area contributed by atoms with E-state index >= 15 is 0 Å². The third-order valence-corrected chi connectivity index (χ3v) is 3.95. The van der Waals surface area contributed by atoms with Crippen LogP contribution in [0.15, 0.2) is 24.3 Å². The summed E-state index contributed by atoms with van der Waals surface area (Å²) < 4.78 is 0. The van der Waals surface area contributed by atoms with Crippen LogP contribution in [0.25, 0.3) is 0 Å². The molecule has 1 heterocycles. The molecule has 1 aliphatic heterocycles. The van der Waals surface area contributed by atoms with E-state index in [-0.39, 0.29) is 18.3 Å². The summed E-state index contributed by atoms with van der Waals surface area (Å²) in [6.07, 6.45) is 3.29. The van der Waals surface area contributed by atoms with Crippen molar-refractivity contribution in [1.82, 2.24) is 10.2 Å². The van der Waals surface area contributed by atoms with Crippen molar-refractivity contribution in [2.45, 2.75) is 32.2 Å². The summed E-state index contributed by atoms with van der Waals surface area (Å²) in [5.74, 6) is 0.0858. The number of nitrogens with zero attached hydrogens (tertiary/aromatic N) is 1. The van der Waals surface area contributed by atoms with Crippen LogP contribution in [0.5, 0.6) is 0 Å². The zero-order valence-electron chi connectivity index (χ0n) is 12.9. The Labute approximate surface area is 133 Å². The molecule has 5 heteroatoms. The number of carbonyl (C=O) groups is 1. The van der Waals surface area contributed by atoms with Crippen LogP contribution in [-0.4, -0.2) is 43.5 Å². The lowest BCUT2D eigenvalue weighted by Crippen LogP contribution is -2.46. The number of hydrogen-bond acceptors (Lipinski definition) is 3. The summed E-state index contributed by atoms with van der Waals surface area (Å²) in [6, 6.07) is 8.53. The molecular weight excluding hydrogens is 286 g/mol. The Morgan fingerprint density at radius 1 is 1.38 bits per heavy atom. The topological polar surface area (TPSA) is 44.4 Å². The SMILES string of the molecule is CCc1ccccc1NC(=O)CN1CCCC(NC)C1.Cl. The summed E-state index contributed by atoms with van der Waals surface area (Å²) in [6.45, 7) is 4.56. The van der Waals surface area contributed by atoms with E-state index in [0.717, 1.165) is 31.6 Å². The third-order valence-electron chi connectivity index (χ3n) is 3.95. The highest BCUT2D eigenvalue weighted by atomic mass is 35.5. The Kier molecular flexibility index (Phi) is 7.72. The molecule has 1 unspecified atom stereocenters. The third kappa shape index (κ3) is 5.30. The van der Waals surface area contributed by atoms with Crippen molar-refractivity contribution >= 4 is 24.0 Å². The van der Waals surface area contributed by atoms with Crippen molar-refractivity contribution in [3.05, 3.63) is 29.8 Å². The van der Waals surface area contributed by atoms with Gasteiger partial charge >= 0.3 is 0 Å². The van der Waals surface area contributed by atoms with Gasteiger partial charge < -0.3 is 10.6 Å². The fourth-order valence-corrected chi connectivity index (χ4v) is 2.78. The van der Waals surface area contributed by atoms with Gasteiger partial charge in [-0.3, -0.25) is 9.69 Å².